The van der Waals surface area contributed by atoms with Gasteiger partial charge >= 0.3 is 6.01 Å². The molecule has 2 N–H and O–H groups in total. The molecular weight excluding hydrogens is 553 g/mol. The number of phenolic OH excluding ortho intramolecular Hbond substituents is 1. The summed E-state index contributed by atoms with van der Waals surface area (Å²) in [5.41, 5.74) is 2.59. The Morgan fingerprint density at radius 1 is 1.02 bits per heavy atom. The number of piperazine rings is 1. The lowest BCUT2D eigenvalue weighted by atomic mass is 9.76. The molecule has 3 aromatic carbocycles. The molecule has 3 aliphatic heterocycles. The highest BCUT2D eigenvalue weighted by Gasteiger charge is 2.47. The number of nitrogens with zero attached hydrogens (tertiary/aromatic N) is 4. The van der Waals surface area contributed by atoms with Crippen LogP contribution in [-0.2, 0) is 6.42 Å². The highest BCUT2D eigenvalue weighted by atomic mass is 19.1. The molecule has 0 radical (unpaired) electrons. The van der Waals surface area contributed by atoms with E-state index in [1.807, 2.05) is 24.3 Å². The van der Waals surface area contributed by atoms with Crippen molar-refractivity contribution in [2.75, 3.05) is 38.2 Å². The van der Waals surface area contributed by atoms with E-state index in [2.05, 4.69) is 35.2 Å². The van der Waals surface area contributed by atoms with Crippen molar-refractivity contribution in [3.05, 3.63) is 53.8 Å². The molecule has 44 heavy (non-hydrogen) atoms. The molecule has 1 saturated carbocycles. The Balaban J connectivity index is 1.26. The molecule has 2 unspecified atom stereocenters. The number of anilines is 1. The zero-order valence-corrected chi connectivity index (χ0v) is 25.8. The van der Waals surface area contributed by atoms with Gasteiger partial charge in [-0.05, 0) is 98.6 Å². The van der Waals surface area contributed by atoms with Crippen LogP contribution in [0.1, 0.15) is 57.4 Å². The van der Waals surface area contributed by atoms with Gasteiger partial charge in [0, 0.05) is 47.6 Å². The Labute approximate surface area is 258 Å². The summed E-state index contributed by atoms with van der Waals surface area (Å²) in [6, 6.07) is 14.9. The van der Waals surface area contributed by atoms with E-state index in [4.69, 9.17) is 14.7 Å². The van der Waals surface area contributed by atoms with Crippen LogP contribution in [0.25, 0.3) is 32.8 Å². The van der Waals surface area contributed by atoms with Gasteiger partial charge in [0.05, 0.1) is 6.61 Å². The Morgan fingerprint density at radius 3 is 2.66 bits per heavy atom. The summed E-state index contributed by atoms with van der Waals surface area (Å²) in [4.78, 5) is 14.6. The van der Waals surface area contributed by atoms with Crippen LogP contribution in [0.5, 0.6) is 11.8 Å². The first-order valence-corrected chi connectivity index (χ1v) is 16.5. The average Bonchev–Trinajstić information content (AvgIpc) is 3.62. The summed E-state index contributed by atoms with van der Waals surface area (Å²) in [6.07, 6.45) is 8.96. The van der Waals surface area contributed by atoms with E-state index in [9.17, 15) is 5.11 Å². The lowest BCUT2D eigenvalue weighted by molar-refractivity contribution is 0.0133. The molecule has 8 heteroatoms. The summed E-state index contributed by atoms with van der Waals surface area (Å²) in [7, 11) is 2.24. The summed E-state index contributed by atoms with van der Waals surface area (Å²) < 4.78 is 23.5. The van der Waals surface area contributed by atoms with Gasteiger partial charge in [0.2, 0.25) is 0 Å². The molecule has 8 rings (SSSR count). The van der Waals surface area contributed by atoms with Crippen LogP contribution in [0.3, 0.4) is 0 Å². The Morgan fingerprint density at radius 2 is 1.84 bits per heavy atom. The van der Waals surface area contributed by atoms with Crippen molar-refractivity contribution < 1.29 is 14.2 Å². The van der Waals surface area contributed by atoms with Gasteiger partial charge < -0.3 is 25.0 Å². The van der Waals surface area contributed by atoms with E-state index in [1.54, 1.807) is 12.1 Å². The van der Waals surface area contributed by atoms with Crippen molar-refractivity contribution in [3.63, 3.8) is 0 Å². The molecule has 0 spiro atoms. The molecular formula is C36H42FN5O2. The number of hydrogen-bond donors (Lipinski definition) is 2. The zero-order chi connectivity index (χ0) is 30.0. The van der Waals surface area contributed by atoms with Crippen molar-refractivity contribution in [3.8, 4) is 22.9 Å². The second-order valence-corrected chi connectivity index (χ2v) is 13.7. The number of halogens is 1. The number of phenols is 1. The van der Waals surface area contributed by atoms with Crippen LogP contribution < -0.4 is 15.0 Å². The Kier molecular flexibility index (Phi) is 6.90. The quantitative estimate of drug-likeness (QED) is 0.266. The molecule has 4 aromatic rings. The minimum absolute atomic E-state index is 0.0943. The number of piperidine rings is 1. The van der Waals surface area contributed by atoms with Crippen molar-refractivity contribution in [2.24, 2.45) is 5.41 Å². The minimum atomic E-state index is -0.402. The number of benzene rings is 3. The molecule has 2 bridgehead atoms. The first-order valence-electron chi connectivity index (χ1n) is 16.5. The lowest BCUT2D eigenvalue weighted by Gasteiger charge is -2.44. The number of rotatable bonds is 6. The van der Waals surface area contributed by atoms with Crippen LogP contribution in [0.15, 0.2) is 42.5 Å². The number of likely N-dealkylation sites (tertiary alicyclic amines) is 1. The zero-order valence-electron chi connectivity index (χ0n) is 25.8. The molecule has 1 aliphatic carbocycles. The average molecular weight is 596 g/mol. The van der Waals surface area contributed by atoms with E-state index in [0.29, 0.717) is 41.2 Å². The van der Waals surface area contributed by atoms with E-state index in [1.165, 1.54) is 19.3 Å². The van der Waals surface area contributed by atoms with Crippen molar-refractivity contribution in [1.29, 1.82) is 0 Å². The van der Waals surface area contributed by atoms with Gasteiger partial charge in [-0.2, -0.15) is 9.97 Å². The number of aryl methyl sites for hydroxylation is 1. The maximum atomic E-state index is 16.9. The highest BCUT2D eigenvalue weighted by Crippen LogP contribution is 2.48. The molecule has 4 atom stereocenters. The monoisotopic (exact) mass is 595 g/mol. The van der Waals surface area contributed by atoms with Gasteiger partial charge in [-0.3, -0.25) is 0 Å². The molecule has 230 valence electrons. The number of nitrogens with one attached hydrogen (secondary N) is 1. The fourth-order valence-electron chi connectivity index (χ4n) is 8.99. The number of fused-ring (bicyclic) bond motifs is 5. The van der Waals surface area contributed by atoms with Crippen molar-refractivity contribution >= 4 is 27.5 Å². The van der Waals surface area contributed by atoms with Crippen LogP contribution in [0, 0.1) is 11.2 Å². The first-order chi connectivity index (χ1) is 21.4. The number of hydrogen-bond acceptors (Lipinski definition) is 7. The summed E-state index contributed by atoms with van der Waals surface area (Å²) >= 11 is 0. The second kappa shape index (κ2) is 10.8. The molecule has 4 aliphatic rings. The smallest absolute Gasteiger partial charge is 0.319 e. The molecule has 3 saturated heterocycles. The third-order valence-electron chi connectivity index (χ3n) is 11.1. The molecule has 0 amide bonds. The van der Waals surface area contributed by atoms with Crippen molar-refractivity contribution in [1.82, 2.24) is 20.2 Å². The normalized spacial score (nSPS) is 26.9. The van der Waals surface area contributed by atoms with Gasteiger partial charge in [0.15, 0.2) is 5.82 Å². The first kappa shape index (κ1) is 28.0. The molecule has 4 heterocycles. The SMILES string of the molecule is CCc1cccc2cc(O)cc(-c3ccc4c(N5CC6CCC(C5)N6)nc(OC[C@]56CCC[C@H]5N(C)CCC6)nc4c3F)c12. The number of aromatic nitrogens is 2. The predicted molar refractivity (Wildman–Crippen MR) is 173 cm³/mol. The highest BCUT2D eigenvalue weighted by molar-refractivity contribution is 6.03. The summed E-state index contributed by atoms with van der Waals surface area (Å²) in [5, 5.41) is 16.9. The fourth-order valence-corrected chi connectivity index (χ4v) is 8.99. The molecule has 4 fully saturated rings. The standard InChI is InChI=1S/C36H42FN5O2/c1-3-22-7-4-8-23-17-26(43)18-29(31(22)23)27-12-13-28-33(32(27)37)39-35(40-34(28)42-19-24-10-11-25(20-42)38-24)44-21-36-14-5-9-30(36)41(2)16-6-15-36/h4,7-8,12-13,17-18,24-25,30,38,43H,3,5-6,9-11,14-16,19-21H2,1-2H3/t24?,25?,30-,36-/m1/s1. The Bertz CT molecular complexity index is 1730. The maximum Gasteiger partial charge on any atom is 0.319 e. The fraction of sp³-hybridized carbons (Fsp3) is 0.500. The summed E-state index contributed by atoms with van der Waals surface area (Å²) in [6.45, 7) is 5.45. The van der Waals surface area contributed by atoms with E-state index in [0.717, 1.165) is 73.9 Å². The van der Waals surface area contributed by atoms with E-state index >= 15 is 4.39 Å². The maximum absolute atomic E-state index is 16.9. The lowest BCUT2D eigenvalue weighted by Crippen LogP contribution is -2.51. The third kappa shape index (κ3) is 4.60. The van der Waals surface area contributed by atoms with Crippen LogP contribution >= 0.6 is 0 Å². The van der Waals surface area contributed by atoms with Crippen LogP contribution in [-0.4, -0.2) is 71.4 Å². The minimum Gasteiger partial charge on any atom is -0.508 e. The van der Waals surface area contributed by atoms with Gasteiger partial charge in [0.25, 0.3) is 0 Å². The van der Waals surface area contributed by atoms with E-state index in [-0.39, 0.29) is 22.7 Å². The third-order valence-corrected chi connectivity index (χ3v) is 11.1. The predicted octanol–water partition coefficient (Wildman–Crippen LogP) is 6.44. The number of ether oxygens (including phenoxy) is 1. The Hall–Kier alpha value is -3.49. The second-order valence-electron chi connectivity index (χ2n) is 13.7. The summed E-state index contributed by atoms with van der Waals surface area (Å²) in [5.74, 6) is 0.470. The number of aromatic hydroxyl groups is 1. The molecule has 1 aromatic heterocycles. The van der Waals surface area contributed by atoms with E-state index < -0.39 is 5.82 Å². The van der Waals surface area contributed by atoms with Gasteiger partial charge in [-0.1, -0.05) is 37.6 Å². The largest absolute Gasteiger partial charge is 0.508 e. The van der Waals surface area contributed by atoms with Gasteiger partial charge in [-0.25, -0.2) is 4.39 Å². The molecule has 7 nitrogen and oxygen atoms in total. The van der Waals surface area contributed by atoms with Crippen molar-refractivity contribution in [2.45, 2.75) is 76.4 Å². The van der Waals surface area contributed by atoms with Gasteiger partial charge in [0.1, 0.15) is 17.1 Å². The van der Waals surface area contributed by atoms with Crippen LogP contribution in [0.4, 0.5) is 10.2 Å². The topological polar surface area (TPSA) is 73.8 Å². The van der Waals surface area contributed by atoms with Crippen LogP contribution in [0.2, 0.25) is 0 Å². The van der Waals surface area contributed by atoms with Gasteiger partial charge in [-0.15, -0.1) is 0 Å².